The summed E-state index contributed by atoms with van der Waals surface area (Å²) in [6.45, 7) is 0. The molecule has 0 aliphatic heterocycles. The highest BCUT2D eigenvalue weighted by Crippen LogP contribution is 1.97. The highest BCUT2D eigenvalue weighted by Gasteiger charge is 1.92. The van der Waals surface area contributed by atoms with Crippen LogP contribution in [0.5, 0.6) is 0 Å². The van der Waals surface area contributed by atoms with E-state index in [2.05, 4.69) is 0 Å². The monoisotopic (exact) mass is 167 g/mol. The van der Waals surface area contributed by atoms with Crippen LogP contribution in [0, 0.1) is 0 Å². The molecular weight excluding hydrogens is 158 g/mol. The van der Waals surface area contributed by atoms with Gasteiger partial charge in [-0.3, -0.25) is 5.73 Å². The summed E-state index contributed by atoms with van der Waals surface area (Å²) in [4.78, 5) is 0.413. The van der Waals surface area contributed by atoms with Gasteiger partial charge in [-0.05, 0) is 5.56 Å². The van der Waals surface area contributed by atoms with Gasteiger partial charge in [-0.2, -0.15) is 0 Å². The Labute approximate surface area is 69.1 Å². The molecule has 0 aliphatic carbocycles. The van der Waals surface area contributed by atoms with Crippen molar-refractivity contribution in [3.63, 3.8) is 0 Å². The summed E-state index contributed by atoms with van der Waals surface area (Å²) >= 11 is 0.364. The molecule has 3 heteroatoms. The van der Waals surface area contributed by atoms with Crippen molar-refractivity contribution < 1.29 is 4.21 Å². The van der Waals surface area contributed by atoms with Crippen molar-refractivity contribution in [2.75, 3.05) is 0 Å². The van der Waals surface area contributed by atoms with Crippen molar-refractivity contribution in [1.29, 1.82) is 0 Å². The molecule has 0 bridgehead atoms. The van der Waals surface area contributed by atoms with Gasteiger partial charge in [-0.25, -0.2) is 4.21 Å². The molecule has 1 aromatic rings. The normalized spacial score (nSPS) is 9.18. The van der Waals surface area contributed by atoms with Crippen LogP contribution in [0.25, 0.3) is 0 Å². The molecular formula is C8H9NOS. The van der Waals surface area contributed by atoms with Crippen molar-refractivity contribution in [3.05, 3.63) is 35.9 Å². The lowest BCUT2D eigenvalue weighted by Gasteiger charge is -1.95. The van der Waals surface area contributed by atoms with E-state index in [9.17, 15) is 4.21 Å². The van der Waals surface area contributed by atoms with E-state index in [-0.39, 0.29) is 0 Å². The number of hydrogen-bond donors (Lipinski definition) is 1. The Morgan fingerprint density at radius 3 is 2.55 bits per heavy atom. The predicted molar refractivity (Wildman–Crippen MR) is 47.5 cm³/mol. The van der Waals surface area contributed by atoms with Crippen molar-refractivity contribution >= 4 is 16.2 Å². The molecule has 0 fully saturated rings. The van der Waals surface area contributed by atoms with Crippen LogP contribution < -0.4 is 5.73 Å². The van der Waals surface area contributed by atoms with E-state index in [1.165, 1.54) is 0 Å². The molecule has 2 N–H and O–H groups in total. The van der Waals surface area contributed by atoms with Crippen molar-refractivity contribution in [2.24, 2.45) is 5.73 Å². The Hall–Kier alpha value is -0.930. The number of nitrogens with two attached hydrogens (primary N) is 1. The second kappa shape index (κ2) is 4.05. The summed E-state index contributed by atoms with van der Waals surface area (Å²) in [7, 11) is 0. The van der Waals surface area contributed by atoms with E-state index in [0.29, 0.717) is 22.7 Å². The fraction of sp³-hybridized carbons (Fsp3) is 0.125. The molecule has 0 saturated heterocycles. The predicted octanol–water partition coefficient (Wildman–Crippen LogP) is 0.531. The van der Waals surface area contributed by atoms with E-state index in [1.54, 1.807) is 0 Å². The average Bonchev–Trinajstić information content (AvgIpc) is 2.06. The van der Waals surface area contributed by atoms with Crippen LogP contribution >= 0.6 is 0 Å². The van der Waals surface area contributed by atoms with Gasteiger partial charge >= 0.3 is 0 Å². The van der Waals surface area contributed by atoms with Gasteiger partial charge in [0.1, 0.15) is 11.3 Å². The quantitative estimate of drug-likeness (QED) is 0.653. The smallest absolute Gasteiger partial charge is 0.104 e. The van der Waals surface area contributed by atoms with Gasteiger partial charge in [0, 0.05) is 6.42 Å². The van der Waals surface area contributed by atoms with E-state index in [1.807, 2.05) is 30.3 Å². The molecule has 1 rings (SSSR count). The molecule has 0 amide bonds. The third-order valence-corrected chi connectivity index (χ3v) is 1.69. The highest BCUT2D eigenvalue weighted by atomic mass is 32.1. The number of benzene rings is 1. The Kier molecular flexibility index (Phi) is 3.01. The number of hydrogen-bond acceptors (Lipinski definition) is 1. The summed E-state index contributed by atoms with van der Waals surface area (Å²) in [6, 6.07) is 9.69. The third-order valence-electron chi connectivity index (χ3n) is 1.33. The molecule has 0 saturated carbocycles. The van der Waals surface area contributed by atoms with E-state index in [4.69, 9.17) is 5.73 Å². The van der Waals surface area contributed by atoms with E-state index in [0.717, 1.165) is 5.56 Å². The lowest BCUT2D eigenvalue weighted by molar-refractivity contribution is 0.700. The van der Waals surface area contributed by atoms with Crippen LogP contribution in [0.15, 0.2) is 30.3 Å². The van der Waals surface area contributed by atoms with Crippen LogP contribution in [-0.4, -0.2) is 9.20 Å². The van der Waals surface area contributed by atoms with Gasteiger partial charge < -0.3 is 0 Å². The first-order chi connectivity index (χ1) is 5.33. The van der Waals surface area contributed by atoms with E-state index < -0.39 is 0 Å². The van der Waals surface area contributed by atoms with Crippen LogP contribution in [0.3, 0.4) is 0 Å². The van der Waals surface area contributed by atoms with Crippen LogP contribution in [0.1, 0.15) is 5.56 Å². The number of rotatable bonds is 2. The second-order valence-corrected chi connectivity index (χ2v) is 2.90. The fourth-order valence-electron chi connectivity index (χ4n) is 0.827. The first kappa shape index (κ1) is 8.17. The molecule has 1 aromatic carbocycles. The van der Waals surface area contributed by atoms with Gasteiger partial charge in [0.2, 0.25) is 0 Å². The molecule has 0 aromatic heterocycles. The summed E-state index contributed by atoms with van der Waals surface area (Å²) < 4.78 is 10.2. The molecule has 0 aliphatic rings. The van der Waals surface area contributed by atoms with Gasteiger partial charge in [0.25, 0.3) is 0 Å². The molecule has 58 valence electrons. The minimum Gasteiger partial charge on any atom is -0.295 e. The summed E-state index contributed by atoms with van der Waals surface area (Å²) in [5.41, 5.74) is 6.45. The first-order valence-corrected chi connectivity index (χ1v) is 4.02. The van der Waals surface area contributed by atoms with Crippen molar-refractivity contribution in [3.8, 4) is 0 Å². The van der Waals surface area contributed by atoms with Gasteiger partial charge in [-0.1, -0.05) is 30.3 Å². The summed E-state index contributed by atoms with van der Waals surface area (Å²) in [6.07, 6.45) is 0.564. The lowest BCUT2D eigenvalue weighted by atomic mass is 10.2. The molecule has 0 spiro atoms. The minimum atomic E-state index is 0.364. The minimum absolute atomic E-state index is 0.364. The zero-order valence-electron chi connectivity index (χ0n) is 5.99. The zero-order valence-corrected chi connectivity index (χ0v) is 6.80. The molecule has 0 heterocycles. The third kappa shape index (κ3) is 2.65. The topological polar surface area (TPSA) is 43.1 Å². The van der Waals surface area contributed by atoms with Gasteiger partial charge in [0.05, 0.1) is 4.99 Å². The molecule has 0 unspecified atom stereocenters. The maximum atomic E-state index is 10.2. The van der Waals surface area contributed by atoms with Crippen molar-refractivity contribution in [2.45, 2.75) is 6.42 Å². The van der Waals surface area contributed by atoms with Gasteiger partial charge in [-0.15, -0.1) is 0 Å². The largest absolute Gasteiger partial charge is 0.295 e. The summed E-state index contributed by atoms with van der Waals surface area (Å²) in [5.74, 6) is 0. The standard InChI is InChI=1S/C8H9NOS/c9-8(11-10)6-7-4-2-1-3-5-7/h1-5H,6,9H2. The first-order valence-electron chi connectivity index (χ1n) is 3.28. The SMILES string of the molecule is NC(Cc1ccccc1)=S=O. The maximum absolute atomic E-state index is 10.2. The maximum Gasteiger partial charge on any atom is 0.104 e. The Balaban J connectivity index is 2.73. The van der Waals surface area contributed by atoms with Crippen molar-refractivity contribution in [1.82, 2.24) is 0 Å². The van der Waals surface area contributed by atoms with Crippen LogP contribution in [-0.2, 0) is 17.7 Å². The van der Waals surface area contributed by atoms with Crippen LogP contribution in [0.4, 0.5) is 0 Å². The summed E-state index contributed by atoms with van der Waals surface area (Å²) in [5, 5.41) is 0. The lowest BCUT2D eigenvalue weighted by Crippen LogP contribution is -2.13. The molecule has 2 nitrogen and oxygen atoms in total. The van der Waals surface area contributed by atoms with Gasteiger partial charge in [0.15, 0.2) is 0 Å². The average molecular weight is 167 g/mol. The second-order valence-electron chi connectivity index (χ2n) is 2.21. The van der Waals surface area contributed by atoms with E-state index >= 15 is 0 Å². The zero-order chi connectivity index (χ0) is 8.10. The fourth-order valence-corrected chi connectivity index (χ4v) is 1.05. The van der Waals surface area contributed by atoms with Crippen LogP contribution in [0.2, 0.25) is 0 Å². The molecule has 0 radical (unpaired) electrons. The Morgan fingerprint density at radius 2 is 2.00 bits per heavy atom. The highest BCUT2D eigenvalue weighted by molar-refractivity contribution is 7.66. The molecule has 11 heavy (non-hydrogen) atoms. The molecule has 0 atom stereocenters. The Bertz CT molecular complexity index is 277. The Morgan fingerprint density at radius 1 is 1.36 bits per heavy atom.